The number of carbonyl (C=O) groups is 1. The van der Waals surface area contributed by atoms with Gasteiger partial charge in [-0.2, -0.15) is 5.10 Å². The van der Waals surface area contributed by atoms with Gasteiger partial charge in [0.15, 0.2) is 17.3 Å². The Hall–Kier alpha value is -3.69. The molecule has 1 aromatic carbocycles. The van der Waals surface area contributed by atoms with E-state index in [1.807, 2.05) is 0 Å². The number of nitrogen functional groups attached to an aromatic ring is 1. The Labute approximate surface area is 185 Å². The van der Waals surface area contributed by atoms with Crippen molar-refractivity contribution in [2.24, 2.45) is 7.05 Å². The molecule has 2 aromatic heterocycles. The maximum absolute atomic E-state index is 14.2. The molecule has 10 heteroatoms. The molecule has 3 N–H and O–H groups in total. The number of halogens is 1. The molecular weight excluding hydrogens is 411 g/mol. The van der Waals surface area contributed by atoms with E-state index < -0.39 is 0 Å². The summed E-state index contributed by atoms with van der Waals surface area (Å²) in [4.78, 5) is 26.0. The van der Waals surface area contributed by atoms with Crippen LogP contribution in [0.5, 0.6) is 0 Å². The largest absolute Gasteiger partial charge is 0.383 e. The van der Waals surface area contributed by atoms with Gasteiger partial charge in [0.25, 0.3) is 5.91 Å². The minimum absolute atomic E-state index is 0.0873. The van der Waals surface area contributed by atoms with Gasteiger partial charge in [-0.3, -0.25) is 9.48 Å². The highest BCUT2D eigenvalue weighted by Gasteiger charge is 2.32. The van der Waals surface area contributed by atoms with Crippen molar-refractivity contribution in [3.05, 3.63) is 47.7 Å². The number of rotatable bonds is 0. The van der Waals surface area contributed by atoms with Gasteiger partial charge >= 0.3 is 0 Å². The standard InChI is InChI=1S/C22H25FN8O/c1-29-9-7-25-16-6-5-13(23)10-14(16)18-4-3-8-31(18)21-20(24)26-11-17(27-21)15-12-30(2)28-19(15)22(29)32/h5-6,10-12,18,25H,3-4,7-9H2,1-2H3,(H2,24,26)/t18-/m1/s1. The Kier molecular flexibility index (Phi) is 4.91. The smallest absolute Gasteiger partial charge is 0.274 e. The highest BCUT2D eigenvalue weighted by atomic mass is 19.1. The lowest BCUT2D eigenvalue weighted by molar-refractivity contribution is 0.0794. The Bertz CT molecular complexity index is 1190. The summed E-state index contributed by atoms with van der Waals surface area (Å²) in [6.07, 6.45) is 5.10. The number of amides is 1. The number of likely N-dealkylation sites (N-methyl/N-ethyl adjacent to an activating group) is 1. The van der Waals surface area contributed by atoms with Crippen molar-refractivity contribution in [2.75, 3.05) is 42.6 Å². The van der Waals surface area contributed by atoms with Crippen LogP contribution in [0.15, 0.2) is 30.6 Å². The average molecular weight is 436 g/mol. The molecule has 5 rings (SSSR count). The summed E-state index contributed by atoms with van der Waals surface area (Å²) in [5, 5.41) is 7.77. The molecule has 0 unspecified atom stereocenters. The van der Waals surface area contributed by atoms with Crippen LogP contribution in [0.3, 0.4) is 0 Å². The fourth-order valence-electron chi connectivity index (χ4n) is 4.52. The minimum atomic E-state index is -0.293. The molecule has 32 heavy (non-hydrogen) atoms. The number of nitrogens with two attached hydrogens (primary N) is 1. The summed E-state index contributed by atoms with van der Waals surface area (Å²) in [6.45, 7) is 1.70. The van der Waals surface area contributed by atoms with E-state index >= 15 is 0 Å². The van der Waals surface area contributed by atoms with Gasteiger partial charge in [-0.15, -0.1) is 0 Å². The molecular formula is C22H25FN8O. The van der Waals surface area contributed by atoms with E-state index in [1.165, 1.54) is 6.07 Å². The summed E-state index contributed by atoms with van der Waals surface area (Å²) >= 11 is 0. The number of fused-ring (bicyclic) bond motifs is 8. The van der Waals surface area contributed by atoms with Gasteiger partial charge in [0, 0.05) is 51.2 Å². The van der Waals surface area contributed by atoms with Crippen LogP contribution in [0.1, 0.15) is 34.9 Å². The fraction of sp³-hybridized carbons (Fsp3) is 0.364. The average Bonchev–Trinajstić information content (AvgIpc) is 3.40. The third-order valence-electron chi connectivity index (χ3n) is 6.10. The van der Waals surface area contributed by atoms with Crippen LogP contribution in [-0.4, -0.2) is 57.2 Å². The predicted molar refractivity (Wildman–Crippen MR) is 120 cm³/mol. The summed E-state index contributed by atoms with van der Waals surface area (Å²) < 4.78 is 15.8. The number of hydrogen-bond donors (Lipinski definition) is 2. The molecule has 1 amide bonds. The van der Waals surface area contributed by atoms with Gasteiger partial charge in [-0.1, -0.05) is 0 Å². The number of nitrogens with one attached hydrogen (secondary N) is 1. The van der Waals surface area contributed by atoms with Crippen LogP contribution >= 0.6 is 0 Å². The quantitative estimate of drug-likeness (QED) is 0.558. The maximum atomic E-state index is 14.2. The fourth-order valence-corrected chi connectivity index (χ4v) is 4.52. The second kappa shape index (κ2) is 7.77. The van der Waals surface area contributed by atoms with Crippen LogP contribution in [0.25, 0.3) is 11.3 Å². The molecule has 2 aliphatic heterocycles. The second-order valence-corrected chi connectivity index (χ2v) is 8.27. The molecule has 0 radical (unpaired) electrons. The molecule has 0 spiro atoms. The number of carbonyl (C=O) groups excluding carboxylic acids is 1. The Morgan fingerprint density at radius 1 is 1.25 bits per heavy atom. The third-order valence-corrected chi connectivity index (χ3v) is 6.10. The van der Waals surface area contributed by atoms with Gasteiger partial charge in [0.2, 0.25) is 0 Å². The monoisotopic (exact) mass is 436 g/mol. The first-order chi connectivity index (χ1) is 15.4. The van der Waals surface area contributed by atoms with Gasteiger partial charge < -0.3 is 20.9 Å². The van der Waals surface area contributed by atoms with Gasteiger partial charge in [0.05, 0.1) is 23.5 Å². The zero-order valence-corrected chi connectivity index (χ0v) is 18.0. The third kappa shape index (κ3) is 3.41. The lowest BCUT2D eigenvalue weighted by Gasteiger charge is -2.29. The number of anilines is 3. The van der Waals surface area contributed by atoms with Crippen molar-refractivity contribution in [2.45, 2.75) is 18.9 Å². The lowest BCUT2D eigenvalue weighted by atomic mass is 10.0. The van der Waals surface area contributed by atoms with Crippen molar-refractivity contribution >= 4 is 23.2 Å². The van der Waals surface area contributed by atoms with E-state index in [9.17, 15) is 9.18 Å². The van der Waals surface area contributed by atoms with Crippen molar-refractivity contribution < 1.29 is 9.18 Å². The topological polar surface area (TPSA) is 105 Å². The van der Waals surface area contributed by atoms with E-state index in [1.54, 1.807) is 48.2 Å². The molecule has 0 aliphatic carbocycles. The number of benzene rings is 1. The van der Waals surface area contributed by atoms with Crippen LogP contribution in [0.4, 0.5) is 21.7 Å². The van der Waals surface area contributed by atoms with Crippen molar-refractivity contribution in [1.29, 1.82) is 0 Å². The molecule has 1 atom stereocenters. The first-order valence-electron chi connectivity index (χ1n) is 10.6. The first kappa shape index (κ1) is 20.2. The van der Waals surface area contributed by atoms with Gasteiger partial charge in [0.1, 0.15) is 5.82 Å². The maximum Gasteiger partial charge on any atom is 0.274 e. The van der Waals surface area contributed by atoms with E-state index in [2.05, 4.69) is 20.3 Å². The Balaban J connectivity index is 1.70. The van der Waals surface area contributed by atoms with Gasteiger partial charge in [-0.05, 0) is 31.0 Å². The van der Waals surface area contributed by atoms with Crippen molar-refractivity contribution in [3.8, 4) is 11.3 Å². The van der Waals surface area contributed by atoms with E-state index in [-0.39, 0.29) is 17.8 Å². The predicted octanol–water partition coefficient (Wildman–Crippen LogP) is 2.44. The zero-order valence-electron chi connectivity index (χ0n) is 18.0. The molecule has 9 nitrogen and oxygen atoms in total. The Morgan fingerprint density at radius 3 is 2.94 bits per heavy atom. The molecule has 1 saturated heterocycles. The van der Waals surface area contributed by atoms with E-state index in [0.717, 1.165) is 30.6 Å². The van der Waals surface area contributed by atoms with Crippen LogP contribution in [0.2, 0.25) is 0 Å². The zero-order chi connectivity index (χ0) is 22.4. The molecule has 1 fully saturated rings. The highest BCUT2D eigenvalue weighted by molar-refractivity contribution is 5.98. The summed E-state index contributed by atoms with van der Waals surface area (Å²) in [5.74, 6) is 0.331. The van der Waals surface area contributed by atoms with Crippen molar-refractivity contribution in [3.63, 3.8) is 0 Å². The summed E-state index contributed by atoms with van der Waals surface area (Å²) in [5.41, 5.74) is 9.38. The van der Waals surface area contributed by atoms with E-state index in [4.69, 9.17) is 10.7 Å². The van der Waals surface area contributed by atoms with E-state index in [0.29, 0.717) is 41.7 Å². The SMILES string of the molecule is CN1CCNc2ccc(F)cc2[C@H]2CCCN2c2nc(cnc2N)-c2cn(C)nc2C1=O. The van der Waals surface area contributed by atoms with Gasteiger partial charge in [-0.25, -0.2) is 14.4 Å². The number of aromatic nitrogens is 4. The first-order valence-corrected chi connectivity index (χ1v) is 10.6. The lowest BCUT2D eigenvalue weighted by Crippen LogP contribution is -2.33. The number of hydrogen-bond acceptors (Lipinski definition) is 7. The minimum Gasteiger partial charge on any atom is -0.383 e. The normalized spacial score (nSPS) is 18.5. The van der Waals surface area contributed by atoms with Crippen LogP contribution < -0.4 is 16.0 Å². The number of nitrogens with zero attached hydrogens (tertiary/aromatic N) is 6. The van der Waals surface area contributed by atoms with Crippen LogP contribution in [-0.2, 0) is 7.05 Å². The molecule has 4 heterocycles. The molecule has 0 saturated carbocycles. The molecule has 2 bridgehead atoms. The van der Waals surface area contributed by atoms with Crippen LogP contribution in [0, 0.1) is 5.82 Å². The summed E-state index contributed by atoms with van der Waals surface area (Å²) in [6, 6.07) is 4.67. The highest BCUT2D eigenvalue weighted by Crippen LogP contribution is 2.41. The molecule has 2 aliphatic rings. The molecule has 3 aromatic rings. The Morgan fingerprint density at radius 2 is 2.09 bits per heavy atom. The second-order valence-electron chi connectivity index (χ2n) is 8.27. The van der Waals surface area contributed by atoms with Crippen molar-refractivity contribution in [1.82, 2.24) is 24.6 Å². The number of aryl methyl sites for hydroxylation is 1. The summed E-state index contributed by atoms with van der Waals surface area (Å²) in [7, 11) is 3.50. The molecule has 166 valence electrons.